The number of carbonyl (C=O) groups is 2. The highest BCUT2D eigenvalue weighted by molar-refractivity contribution is 6.03. The maximum absolute atomic E-state index is 13.9. The lowest BCUT2D eigenvalue weighted by Gasteiger charge is -2.21. The number of urea groups is 1. The molecule has 2 N–H and O–H groups in total. The molecule has 4 aromatic rings. The van der Waals surface area contributed by atoms with E-state index in [1.54, 1.807) is 30.5 Å². The molecule has 0 spiro atoms. The molecule has 2 heterocycles. The van der Waals surface area contributed by atoms with E-state index in [0.29, 0.717) is 76.7 Å². The molecule has 55 heavy (non-hydrogen) atoms. The van der Waals surface area contributed by atoms with Crippen molar-refractivity contribution in [3.05, 3.63) is 94.0 Å². The Labute approximate surface area is 316 Å². The first-order chi connectivity index (χ1) is 26.3. The molecular weight excluding hydrogens is 703 g/mol. The molecule has 8 rings (SSSR count). The number of carbonyl (C=O) groups excluding carboxylic acids is 2. The van der Waals surface area contributed by atoms with E-state index in [1.165, 1.54) is 24.1 Å². The quantitative estimate of drug-likeness (QED) is 0.130. The van der Waals surface area contributed by atoms with Crippen LogP contribution >= 0.6 is 0 Å². The molecule has 2 saturated carbocycles. The maximum Gasteiger partial charge on any atom is 0.334 e. The minimum atomic E-state index is -2.98. The molecule has 0 aromatic heterocycles. The molecule has 276 valence electrons. The number of halogens is 2. The fourth-order valence-electron chi connectivity index (χ4n) is 8.66. The number of nitrogens with zero attached hydrogens (tertiary/aromatic N) is 4. The number of ether oxygens (including phenoxy) is 2. The van der Waals surface area contributed by atoms with Crippen LogP contribution in [0.15, 0.2) is 60.7 Å². The smallest absolute Gasteiger partial charge is 0.334 e. The van der Waals surface area contributed by atoms with Gasteiger partial charge in [0.15, 0.2) is 6.19 Å². The normalized spacial score (nSPS) is 20.2. The number of fused-ring (bicyclic) bond motifs is 3. The van der Waals surface area contributed by atoms with Crippen LogP contribution in [0.3, 0.4) is 0 Å². The van der Waals surface area contributed by atoms with Gasteiger partial charge in [0.2, 0.25) is 5.91 Å². The van der Waals surface area contributed by atoms with Crippen LogP contribution < -0.4 is 25.0 Å². The van der Waals surface area contributed by atoms with Crippen LogP contribution in [0.2, 0.25) is 0 Å². The van der Waals surface area contributed by atoms with Crippen molar-refractivity contribution < 1.29 is 27.8 Å². The Morgan fingerprint density at radius 1 is 0.891 bits per heavy atom. The molecule has 0 bridgehead atoms. The Morgan fingerprint density at radius 2 is 1.45 bits per heavy atom. The zero-order valence-electron chi connectivity index (χ0n) is 30.5. The Bertz CT molecular complexity index is 2410. The third-order valence-electron chi connectivity index (χ3n) is 11.9. The molecule has 2 aliphatic heterocycles. The van der Waals surface area contributed by atoms with Gasteiger partial charge in [-0.15, -0.1) is 0 Å². The summed E-state index contributed by atoms with van der Waals surface area (Å²) < 4.78 is 39.7. The van der Waals surface area contributed by atoms with Gasteiger partial charge in [0.05, 0.1) is 41.1 Å². The van der Waals surface area contributed by atoms with Gasteiger partial charge in [-0.3, -0.25) is 9.69 Å². The molecule has 1 unspecified atom stereocenters. The molecule has 1 atom stereocenters. The van der Waals surface area contributed by atoms with E-state index >= 15 is 0 Å². The number of anilines is 2. The Morgan fingerprint density at radius 3 is 2.02 bits per heavy atom. The predicted octanol–water partition coefficient (Wildman–Crippen LogP) is 8.28. The second kappa shape index (κ2) is 12.8. The Balaban J connectivity index is 0.994. The first kappa shape index (κ1) is 35.6. The number of nitriles is 3. The van der Waals surface area contributed by atoms with E-state index in [9.17, 15) is 28.9 Å². The van der Waals surface area contributed by atoms with Gasteiger partial charge in [-0.25, -0.2) is 18.9 Å². The lowest BCUT2D eigenvalue weighted by Crippen LogP contribution is -2.35. The summed E-state index contributed by atoms with van der Waals surface area (Å²) in [5.74, 6) is -1.79. The van der Waals surface area contributed by atoms with Crippen LogP contribution in [0, 0.1) is 44.9 Å². The highest BCUT2D eigenvalue weighted by Crippen LogP contribution is 2.88. The van der Waals surface area contributed by atoms with E-state index in [0.717, 1.165) is 48.4 Å². The average molecular weight is 739 g/mol. The highest BCUT2D eigenvalue weighted by atomic mass is 19.3. The number of amides is 3. The van der Waals surface area contributed by atoms with Gasteiger partial charge >= 0.3 is 6.03 Å². The van der Waals surface area contributed by atoms with Crippen LogP contribution in [0.5, 0.6) is 11.5 Å². The largest absolute Gasteiger partial charge is 0.492 e. The van der Waals surface area contributed by atoms with Gasteiger partial charge in [0.1, 0.15) is 23.6 Å². The number of alkyl halides is 2. The van der Waals surface area contributed by atoms with E-state index in [2.05, 4.69) is 41.8 Å². The van der Waals surface area contributed by atoms with E-state index < -0.39 is 17.4 Å². The molecular formula is C43H36F2N6O4. The first-order valence-corrected chi connectivity index (χ1v) is 18.1. The zero-order chi connectivity index (χ0) is 38.9. The van der Waals surface area contributed by atoms with E-state index in [1.807, 2.05) is 12.1 Å². The van der Waals surface area contributed by atoms with E-state index in [-0.39, 0.29) is 22.8 Å². The van der Waals surface area contributed by atoms with Crippen LogP contribution in [0.25, 0.3) is 22.3 Å². The van der Waals surface area contributed by atoms with E-state index in [4.69, 9.17) is 14.7 Å². The molecule has 4 aliphatic rings. The van der Waals surface area contributed by atoms with Gasteiger partial charge in [-0.1, -0.05) is 55.5 Å². The van der Waals surface area contributed by atoms with Gasteiger partial charge in [0, 0.05) is 54.6 Å². The summed E-state index contributed by atoms with van der Waals surface area (Å²) in [7, 11) is 1.51. The first-order valence-electron chi connectivity index (χ1n) is 18.1. The van der Waals surface area contributed by atoms with Crippen molar-refractivity contribution in [1.29, 1.82) is 15.8 Å². The second-order valence-corrected chi connectivity index (χ2v) is 15.2. The minimum Gasteiger partial charge on any atom is -0.492 e. The van der Waals surface area contributed by atoms with Crippen molar-refractivity contribution in [1.82, 2.24) is 5.32 Å². The summed E-state index contributed by atoms with van der Waals surface area (Å²) in [5, 5.41) is 34.3. The summed E-state index contributed by atoms with van der Waals surface area (Å²) in [6.07, 6.45) is 4.98. The number of benzene rings is 4. The standard InChI is InChI=1S/C43H36F2N6O4/c1-24(25-4-6-26(7-5-25)32-17-36(51(3)40(53)49-23-48)34(20-47)30-13-15-55-38(30)32)18-42-21-43(42,22-42)39(52)50-35-16-31(37-29(12-14-54-37)33(35)19-46)27-8-10-28(11-9-27)41(2,44)45/h4-11,16-17,24H,12-15,18,21-22H2,1-3H3,(H,49,53)(H,50,52). The maximum atomic E-state index is 13.9. The topological polar surface area (TPSA) is 151 Å². The zero-order valence-corrected chi connectivity index (χ0v) is 30.5. The molecule has 12 heteroatoms. The van der Waals surface area contributed by atoms with Gasteiger partial charge < -0.3 is 14.8 Å². The minimum absolute atomic E-state index is 0.106. The van der Waals surface area contributed by atoms with Crippen molar-refractivity contribution in [3.63, 3.8) is 0 Å². The van der Waals surface area contributed by atoms with Gasteiger partial charge in [-0.05, 0) is 59.4 Å². The fourth-order valence-corrected chi connectivity index (χ4v) is 8.66. The predicted molar refractivity (Wildman–Crippen MR) is 199 cm³/mol. The molecule has 2 fully saturated rings. The molecule has 2 aliphatic carbocycles. The van der Waals surface area contributed by atoms with Crippen molar-refractivity contribution in [3.8, 4) is 52.1 Å². The van der Waals surface area contributed by atoms with Crippen molar-refractivity contribution in [2.75, 3.05) is 30.5 Å². The van der Waals surface area contributed by atoms with Crippen molar-refractivity contribution >= 4 is 23.3 Å². The van der Waals surface area contributed by atoms with Crippen LogP contribution in [0.4, 0.5) is 25.0 Å². The molecule has 4 aromatic carbocycles. The number of hydrogen-bond donors (Lipinski definition) is 2. The van der Waals surface area contributed by atoms with Gasteiger partial charge in [0.25, 0.3) is 5.92 Å². The van der Waals surface area contributed by atoms with Crippen LogP contribution in [-0.2, 0) is 23.6 Å². The van der Waals surface area contributed by atoms with Crippen molar-refractivity contribution in [2.24, 2.45) is 10.8 Å². The third-order valence-corrected chi connectivity index (χ3v) is 11.9. The molecule has 0 saturated heterocycles. The Kier molecular flexibility index (Phi) is 8.31. The lowest BCUT2D eigenvalue weighted by molar-refractivity contribution is -0.119. The summed E-state index contributed by atoms with van der Waals surface area (Å²) >= 11 is 0. The average Bonchev–Trinajstić information content (AvgIpc) is 3.69. The number of rotatable bonds is 9. The summed E-state index contributed by atoms with van der Waals surface area (Å²) in [6.45, 7) is 3.79. The summed E-state index contributed by atoms with van der Waals surface area (Å²) in [5.41, 5.74) is 6.18. The summed E-state index contributed by atoms with van der Waals surface area (Å²) in [6, 6.07) is 21.4. The SMILES string of the molecule is CC(CC12CC1(C(=O)Nc1cc(-c3ccc(C(C)(F)F)cc3)c3c(c1C#N)CCO3)C2)c1ccc(-c2cc(N(C)C(=O)NC#N)c(C#N)c3c2OCC3)cc1. The molecule has 0 radical (unpaired) electrons. The van der Waals surface area contributed by atoms with Gasteiger partial charge in [-0.2, -0.15) is 15.8 Å². The highest BCUT2D eigenvalue weighted by Gasteiger charge is 2.86. The fraction of sp³-hybridized carbons (Fsp3) is 0.326. The second-order valence-electron chi connectivity index (χ2n) is 15.2. The third kappa shape index (κ3) is 5.79. The van der Waals surface area contributed by atoms with Crippen molar-refractivity contribution in [2.45, 2.75) is 57.8 Å². The molecule has 3 amide bonds. The molecule has 10 nitrogen and oxygen atoms in total. The number of hydrogen-bond acceptors (Lipinski definition) is 7. The Hall–Kier alpha value is -6.45. The summed E-state index contributed by atoms with van der Waals surface area (Å²) in [4.78, 5) is 27.7. The van der Waals surface area contributed by atoms with Crippen LogP contribution in [-0.4, -0.2) is 32.2 Å². The number of nitrogens with one attached hydrogen (secondary N) is 2. The lowest BCUT2D eigenvalue weighted by atomic mass is 9.90. The van der Waals surface area contributed by atoms with Crippen LogP contribution in [0.1, 0.15) is 72.4 Å². The monoisotopic (exact) mass is 738 g/mol.